The molecule has 3 rings (SSSR count). The second kappa shape index (κ2) is 10.6. The number of hydrogen-bond acceptors (Lipinski definition) is 4. The number of benzene rings is 2. The Morgan fingerprint density at radius 2 is 1.52 bits per heavy atom. The first kappa shape index (κ1) is 20.8. The minimum Gasteiger partial charge on any atom is -0.489 e. The molecule has 2 aromatic rings. The first-order valence-corrected chi connectivity index (χ1v) is 8.91. The third-order valence-electron chi connectivity index (χ3n) is 3.24. The van der Waals surface area contributed by atoms with Crippen LogP contribution in [0.5, 0.6) is 17.2 Å². The van der Waals surface area contributed by atoms with Gasteiger partial charge in [0, 0.05) is 6.07 Å². The van der Waals surface area contributed by atoms with E-state index in [1.54, 1.807) is 19.1 Å². The predicted molar refractivity (Wildman–Crippen MR) is 102 cm³/mol. The van der Waals surface area contributed by atoms with Crippen LogP contribution in [0.4, 0.5) is 0 Å². The molecule has 25 heavy (non-hydrogen) atoms. The van der Waals surface area contributed by atoms with Crippen molar-refractivity contribution >= 4 is 0 Å². The summed E-state index contributed by atoms with van der Waals surface area (Å²) >= 11 is 0. The highest BCUT2D eigenvalue weighted by Crippen LogP contribution is 2.34. The summed E-state index contributed by atoms with van der Waals surface area (Å²) in [6.07, 6.45) is 0. The maximum atomic E-state index is 9.97. The van der Waals surface area contributed by atoms with E-state index in [0.29, 0.717) is 23.9 Å². The van der Waals surface area contributed by atoms with Crippen molar-refractivity contribution in [2.75, 3.05) is 13.2 Å². The Balaban J connectivity index is 0.000000730. The minimum absolute atomic E-state index is 0.197. The fourth-order valence-electron chi connectivity index (χ4n) is 2.06. The zero-order valence-corrected chi connectivity index (χ0v) is 15.9. The number of ether oxygens (including phenoxy) is 3. The molecule has 4 heteroatoms. The number of rotatable bonds is 3. The lowest BCUT2D eigenvalue weighted by Gasteiger charge is -2.18. The van der Waals surface area contributed by atoms with Gasteiger partial charge in [-0.15, -0.1) is 0 Å². The van der Waals surface area contributed by atoms with Crippen molar-refractivity contribution in [3.63, 3.8) is 0 Å². The summed E-state index contributed by atoms with van der Waals surface area (Å²) in [5.74, 6) is 1.93. The monoisotopic (exact) mass is 346 g/mol. The molecular weight excluding hydrogens is 316 g/mol. The highest BCUT2D eigenvalue weighted by atomic mass is 16.6. The first-order valence-electron chi connectivity index (χ1n) is 8.91. The molecule has 1 aliphatic heterocycles. The lowest BCUT2D eigenvalue weighted by molar-refractivity contribution is -0.0121. The molecule has 0 saturated carbocycles. The zero-order valence-electron chi connectivity index (χ0n) is 15.9. The largest absolute Gasteiger partial charge is 0.489 e. The summed E-state index contributed by atoms with van der Waals surface area (Å²) < 4.78 is 16.9. The van der Waals surface area contributed by atoms with Crippen LogP contribution < -0.4 is 14.2 Å². The van der Waals surface area contributed by atoms with Crippen molar-refractivity contribution in [3.8, 4) is 17.2 Å². The van der Waals surface area contributed by atoms with Gasteiger partial charge in [-0.05, 0) is 24.6 Å². The molecule has 0 bridgehead atoms. The molecule has 138 valence electrons. The van der Waals surface area contributed by atoms with Crippen LogP contribution >= 0.6 is 0 Å². The fraction of sp³-hybridized carbons (Fsp3) is 0.429. The summed E-state index contributed by atoms with van der Waals surface area (Å²) in [4.78, 5) is 0. The van der Waals surface area contributed by atoms with E-state index in [9.17, 15) is 5.11 Å². The second-order valence-electron chi connectivity index (χ2n) is 5.46. The van der Waals surface area contributed by atoms with Crippen molar-refractivity contribution in [1.82, 2.24) is 0 Å². The van der Waals surface area contributed by atoms with Crippen LogP contribution in [0, 0.1) is 0 Å². The molecule has 1 unspecified atom stereocenters. The molecule has 2 aromatic carbocycles. The number of fused-ring (bicyclic) bond motifs is 1. The topological polar surface area (TPSA) is 47.9 Å². The molecule has 1 heterocycles. The Hall–Kier alpha value is -2.20. The van der Waals surface area contributed by atoms with Gasteiger partial charge in [0.25, 0.3) is 0 Å². The van der Waals surface area contributed by atoms with Crippen molar-refractivity contribution in [1.29, 1.82) is 0 Å². The molecule has 1 N–H and O–H groups in total. The first-order chi connectivity index (χ1) is 12.1. The third-order valence-corrected chi connectivity index (χ3v) is 3.24. The maximum Gasteiger partial charge on any atom is 0.165 e. The summed E-state index contributed by atoms with van der Waals surface area (Å²) in [6, 6.07) is 15.4. The SMILES string of the molecule is CC.CC.CC1(O)COc2ccc(OCc3ccccc3)cc2OC1. The van der Waals surface area contributed by atoms with E-state index in [2.05, 4.69) is 0 Å². The van der Waals surface area contributed by atoms with Gasteiger partial charge in [-0.25, -0.2) is 0 Å². The van der Waals surface area contributed by atoms with Gasteiger partial charge < -0.3 is 19.3 Å². The minimum atomic E-state index is -0.982. The van der Waals surface area contributed by atoms with E-state index >= 15 is 0 Å². The lowest BCUT2D eigenvalue weighted by atomic mass is 10.1. The Morgan fingerprint density at radius 1 is 0.920 bits per heavy atom. The summed E-state index contributed by atoms with van der Waals surface area (Å²) in [5.41, 5.74) is 0.122. The van der Waals surface area contributed by atoms with Crippen molar-refractivity contribution in [2.45, 2.75) is 46.8 Å². The Kier molecular flexibility index (Phi) is 8.86. The third kappa shape index (κ3) is 6.67. The van der Waals surface area contributed by atoms with Crippen LogP contribution in [-0.2, 0) is 6.61 Å². The van der Waals surface area contributed by atoms with E-state index in [4.69, 9.17) is 14.2 Å². The summed E-state index contributed by atoms with van der Waals surface area (Å²) in [5, 5.41) is 9.97. The normalized spacial score (nSPS) is 17.8. The van der Waals surface area contributed by atoms with Gasteiger partial charge in [-0.1, -0.05) is 58.0 Å². The Bertz CT molecular complexity index is 609. The van der Waals surface area contributed by atoms with Gasteiger partial charge >= 0.3 is 0 Å². The van der Waals surface area contributed by atoms with Gasteiger partial charge in [-0.2, -0.15) is 0 Å². The predicted octanol–water partition coefficient (Wildman–Crippen LogP) is 4.84. The van der Waals surface area contributed by atoms with Crippen LogP contribution in [-0.4, -0.2) is 23.9 Å². The summed E-state index contributed by atoms with van der Waals surface area (Å²) in [7, 11) is 0. The van der Waals surface area contributed by atoms with Gasteiger partial charge in [-0.3, -0.25) is 0 Å². The highest BCUT2D eigenvalue weighted by Gasteiger charge is 2.27. The van der Waals surface area contributed by atoms with Gasteiger partial charge in [0.05, 0.1) is 0 Å². The number of hydrogen-bond donors (Lipinski definition) is 1. The molecule has 4 nitrogen and oxygen atoms in total. The Labute approximate surface area is 151 Å². The van der Waals surface area contributed by atoms with Gasteiger partial charge in [0.1, 0.15) is 31.2 Å². The highest BCUT2D eigenvalue weighted by molar-refractivity contribution is 5.46. The average molecular weight is 346 g/mol. The quantitative estimate of drug-likeness (QED) is 0.864. The van der Waals surface area contributed by atoms with E-state index in [0.717, 1.165) is 5.56 Å². The molecule has 0 spiro atoms. The van der Waals surface area contributed by atoms with Crippen LogP contribution in [0.1, 0.15) is 40.2 Å². The maximum absolute atomic E-state index is 9.97. The molecule has 0 aromatic heterocycles. The average Bonchev–Trinajstić information content (AvgIpc) is 2.82. The molecule has 0 amide bonds. The summed E-state index contributed by atoms with van der Waals surface area (Å²) in [6.45, 7) is 10.6. The molecule has 0 radical (unpaired) electrons. The second-order valence-corrected chi connectivity index (χ2v) is 5.46. The van der Waals surface area contributed by atoms with Gasteiger partial charge in [0.15, 0.2) is 11.5 Å². The van der Waals surface area contributed by atoms with E-state index in [1.165, 1.54) is 0 Å². The smallest absolute Gasteiger partial charge is 0.165 e. The molecular formula is C21H30O4. The molecule has 0 aliphatic carbocycles. The fourth-order valence-corrected chi connectivity index (χ4v) is 2.06. The zero-order chi connectivity index (χ0) is 18.7. The van der Waals surface area contributed by atoms with Crippen molar-refractivity contribution < 1.29 is 19.3 Å². The molecule has 1 atom stereocenters. The standard InChI is InChI=1S/C17H18O4.2C2H6/c1-17(18)11-20-15-8-7-14(9-16(15)21-12-17)19-10-13-5-3-2-4-6-13;2*1-2/h2-9,18H,10-12H2,1H3;2*1-2H3. The van der Waals surface area contributed by atoms with Crippen LogP contribution in [0.15, 0.2) is 48.5 Å². The van der Waals surface area contributed by atoms with Crippen molar-refractivity contribution in [3.05, 3.63) is 54.1 Å². The van der Waals surface area contributed by atoms with E-state index in [1.807, 2.05) is 64.1 Å². The Morgan fingerprint density at radius 3 is 2.16 bits per heavy atom. The van der Waals surface area contributed by atoms with Gasteiger partial charge in [0.2, 0.25) is 0 Å². The van der Waals surface area contributed by atoms with E-state index < -0.39 is 5.60 Å². The molecule has 1 aliphatic rings. The molecule has 0 fully saturated rings. The molecule has 0 saturated heterocycles. The van der Waals surface area contributed by atoms with E-state index in [-0.39, 0.29) is 13.2 Å². The van der Waals surface area contributed by atoms with Crippen LogP contribution in [0.3, 0.4) is 0 Å². The number of aliphatic hydroxyl groups is 1. The van der Waals surface area contributed by atoms with Crippen molar-refractivity contribution in [2.24, 2.45) is 0 Å². The lowest BCUT2D eigenvalue weighted by Crippen LogP contribution is -2.37. The van der Waals surface area contributed by atoms with Crippen LogP contribution in [0.25, 0.3) is 0 Å². The van der Waals surface area contributed by atoms with Crippen LogP contribution in [0.2, 0.25) is 0 Å².